The molecule has 2 N–H and O–H groups in total. The molecule has 4 rings (SSSR count). The largest absolute Gasteiger partial charge is 0.352 e. The number of carbonyl (C=O) groups is 3. The molecule has 0 radical (unpaired) electrons. The third kappa shape index (κ3) is 5.46. The lowest BCUT2D eigenvalue weighted by Crippen LogP contribution is -2.37. The molecular formula is C25H27N5O3. The second-order valence-electron chi connectivity index (χ2n) is 8.05. The van der Waals surface area contributed by atoms with Crippen molar-refractivity contribution in [3.63, 3.8) is 0 Å². The lowest BCUT2D eigenvalue weighted by molar-refractivity contribution is -0.134. The van der Waals surface area contributed by atoms with Crippen molar-refractivity contribution >= 4 is 23.4 Å². The van der Waals surface area contributed by atoms with Crippen molar-refractivity contribution in [2.24, 2.45) is 7.05 Å². The summed E-state index contributed by atoms with van der Waals surface area (Å²) in [5.74, 6) is -0.560. The molecule has 0 saturated carbocycles. The van der Waals surface area contributed by atoms with E-state index in [9.17, 15) is 14.4 Å². The maximum Gasteiger partial charge on any atom is 0.276 e. The lowest BCUT2D eigenvalue weighted by atomic mass is 10.0. The van der Waals surface area contributed by atoms with Gasteiger partial charge in [0.2, 0.25) is 11.8 Å². The van der Waals surface area contributed by atoms with Crippen LogP contribution in [0.2, 0.25) is 0 Å². The summed E-state index contributed by atoms with van der Waals surface area (Å²) < 4.78 is 1.72. The van der Waals surface area contributed by atoms with Gasteiger partial charge in [0.25, 0.3) is 5.91 Å². The van der Waals surface area contributed by atoms with E-state index < -0.39 is 0 Å². The zero-order valence-electron chi connectivity index (χ0n) is 18.6. The topological polar surface area (TPSA) is 96.3 Å². The van der Waals surface area contributed by atoms with E-state index in [1.54, 1.807) is 9.58 Å². The Kier molecular flexibility index (Phi) is 6.83. The normalized spacial score (nSPS) is 12.7. The van der Waals surface area contributed by atoms with Crippen molar-refractivity contribution in [3.8, 4) is 0 Å². The minimum absolute atomic E-state index is 0.103. The molecule has 1 aliphatic heterocycles. The number of carbonyl (C=O) groups excluding carboxylic acids is 3. The third-order valence-electron chi connectivity index (χ3n) is 5.74. The molecule has 8 nitrogen and oxygen atoms in total. The van der Waals surface area contributed by atoms with Crippen molar-refractivity contribution in [2.45, 2.75) is 32.4 Å². The molecule has 2 heterocycles. The summed E-state index contributed by atoms with van der Waals surface area (Å²) in [5, 5.41) is 10.1. The van der Waals surface area contributed by atoms with Crippen molar-refractivity contribution < 1.29 is 14.4 Å². The molecule has 0 saturated heterocycles. The molecular weight excluding hydrogens is 418 g/mol. The number of fused-ring (bicyclic) bond motifs is 1. The van der Waals surface area contributed by atoms with Crippen LogP contribution in [0.4, 0.5) is 5.69 Å². The zero-order valence-corrected chi connectivity index (χ0v) is 18.6. The van der Waals surface area contributed by atoms with E-state index in [0.717, 1.165) is 16.8 Å². The van der Waals surface area contributed by atoms with E-state index in [1.165, 1.54) is 0 Å². The molecule has 0 bridgehead atoms. The summed E-state index contributed by atoms with van der Waals surface area (Å²) in [7, 11) is 1.81. The molecule has 1 aliphatic rings. The molecule has 170 valence electrons. The molecule has 3 aromatic rings. The van der Waals surface area contributed by atoms with Crippen LogP contribution in [0.15, 0.2) is 60.7 Å². The Morgan fingerprint density at radius 1 is 0.970 bits per heavy atom. The lowest BCUT2D eigenvalue weighted by Gasteiger charge is -2.27. The van der Waals surface area contributed by atoms with Crippen molar-refractivity contribution in [1.29, 1.82) is 0 Å². The summed E-state index contributed by atoms with van der Waals surface area (Å²) >= 11 is 0. The Morgan fingerprint density at radius 2 is 1.67 bits per heavy atom. The predicted octanol–water partition coefficient (Wildman–Crippen LogP) is 2.65. The first-order chi connectivity index (χ1) is 16.0. The number of amides is 3. The maximum absolute atomic E-state index is 12.8. The van der Waals surface area contributed by atoms with Crippen molar-refractivity contribution in [2.75, 3.05) is 11.9 Å². The van der Waals surface area contributed by atoms with Gasteiger partial charge in [-0.2, -0.15) is 5.10 Å². The van der Waals surface area contributed by atoms with Gasteiger partial charge in [-0.1, -0.05) is 48.5 Å². The summed E-state index contributed by atoms with van der Waals surface area (Å²) in [6.45, 7) is 1.29. The number of rotatable bonds is 7. The molecule has 0 atom stereocenters. The van der Waals surface area contributed by atoms with Gasteiger partial charge in [0.05, 0.1) is 0 Å². The van der Waals surface area contributed by atoms with Crippen LogP contribution in [0.25, 0.3) is 0 Å². The van der Waals surface area contributed by atoms with Crippen molar-refractivity contribution in [1.82, 2.24) is 20.0 Å². The van der Waals surface area contributed by atoms with Crippen LogP contribution in [0.3, 0.4) is 0 Å². The number of anilines is 1. The van der Waals surface area contributed by atoms with Crippen LogP contribution in [0.1, 0.15) is 40.2 Å². The first kappa shape index (κ1) is 22.3. The van der Waals surface area contributed by atoms with Crippen LogP contribution >= 0.6 is 0 Å². The van der Waals surface area contributed by atoms with Crippen LogP contribution in [0, 0.1) is 0 Å². The Balaban J connectivity index is 1.34. The molecule has 0 unspecified atom stereocenters. The van der Waals surface area contributed by atoms with E-state index in [0.29, 0.717) is 37.4 Å². The number of aromatic nitrogens is 2. The van der Waals surface area contributed by atoms with E-state index in [1.807, 2.05) is 67.7 Å². The molecule has 2 aromatic carbocycles. The Labute approximate surface area is 192 Å². The number of aryl methyl sites for hydroxylation is 1. The van der Waals surface area contributed by atoms with Gasteiger partial charge in [0.15, 0.2) is 5.69 Å². The summed E-state index contributed by atoms with van der Waals surface area (Å²) in [5.41, 5.74) is 3.75. The number of para-hydroxylation sites is 1. The van der Waals surface area contributed by atoms with Gasteiger partial charge in [-0.05, 0) is 17.7 Å². The highest BCUT2D eigenvalue weighted by molar-refractivity contribution is 6.04. The molecule has 0 aliphatic carbocycles. The Bertz CT molecular complexity index is 1140. The standard InChI is InChI=1S/C25H27N5O3/c1-29-21-14-15-30(23(32)13-12-22(31)26-16-18-8-4-2-5-9-18)17-20(21)24(28-29)25(33)27-19-10-6-3-7-11-19/h2-11H,12-17H2,1H3,(H,26,31)(H,27,33). The summed E-state index contributed by atoms with van der Waals surface area (Å²) in [6.07, 6.45) is 0.870. The minimum Gasteiger partial charge on any atom is -0.352 e. The fourth-order valence-electron chi connectivity index (χ4n) is 3.96. The number of hydrogen-bond donors (Lipinski definition) is 2. The number of hydrogen-bond acceptors (Lipinski definition) is 4. The predicted molar refractivity (Wildman–Crippen MR) is 124 cm³/mol. The summed E-state index contributed by atoms with van der Waals surface area (Å²) in [6, 6.07) is 18.8. The fourth-order valence-corrected chi connectivity index (χ4v) is 3.96. The van der Waals surface area contributed by atoms with E-state index in [2.05, 4.69) is 15.7 Å². The van der Waals surface area contributed by atoms with Gasteiger partial charge in [-0.25, -0.2) is 0 Å². The number of nitrogens with one attached hydrogen (secondary N) is 2. The molecule has 8 heteroatoms. The van der Waals surface area contributed by atoms with Gasteiger partial charge in [0.1, 0.15) is 0 Å². The highest BCUT2D eigenvalue weighted by Crippen LogP contribution is 2.24. The average molecular weight is 446 g/mol. The molecule has 1 aromatic heterocycles. The average Bonchev–Trinajstić information content (AvgIpc) is 3.18. The number of nitrogens with zero attached hydrogens (tertiary/aromatic N) is 3. The first-order valence-electron chi connectivity index (χ1n) is 11.0. The van der Waals surface area contributed by atoms with Gasteiger partial charge in [-0.15, -0.1) is 0 Å². The highest BCUT2D eigenvalue weighted by atomic mass is 16.2. The van der Waals surface area contributed by atoms with Crippen LogP contribution in [-0.4, -0.2) is 38.9 Å². The maximum atomic E-state index is 12.8. The Hall–Kier alpha value is -3.94. The van der Waals surface area contributed by atoms with Crippen LogP contribution in [-0.2, 0) is 36.1 Å². The molecule has 0 spiro atoms. The van der Waals surface area contributed by atoms with E-state index in [4.69, 9.17) is 0 Å². The highest BCUT2D eigenvalue weighted by Gasteiger charge is 2.29. The van der Waals surface area contributed by atoms with Gasteiger partial charge >= 0.3 is 0 Å². The monoisotopic (exact) mass is 445 g/mol. The van der Waals surface area contributed by atoms with E-state index in [-0.39, 0.29) is 30.6 Å². The van der Waals surface area contributed by atoms with Crippen molar-refractivity contribution in [3.05, 3.63) is 83.2 Å². The third-order valence-corrected chi connectivity index (χ3v) is 5.74. The SMILES string of the molecule is Cn1nc(C(=O)Nc2ccccc2)c2c1CCN(C(=O)CCC(=O)NCc1ccccc1)C2. The second-order valence-corrected chi connectivity index (χ2v) is 8.05. The number of benzene rings is 2. The smallest absolute Gasteiger partial charge is 0.276 e. The van der Waals surface area contributed by atoms with E-state index >= 15 is 0 Å². The molecule has 33 heavy (non-hydrogen) atoms. The summed E-state index contributed by atoms with van der Waals surface area (Å²) in [4.78, 5) is 39.5. The molecule has 3 amide bonds. The minimum atomic E-state index is -0.298. The molecule has 0 fully saturated rings. The van der Waals surface area contributed by atoms with Gasteiger partial charge in [-0.3, -0.25) is 19.1 Å². The first-order valence-corrected chi connectivity index (χ1v) is 11.0. The van der Waals surface area contributed by atoms with Crippen LogP contribution in [0.5, 0.6) is 0 Å². The van der Waals surface area contributed by atoms with Crippen LogP contribution < -0.4 is 10.6 Å². The van der Waals surface area contributed by atoms with Gasteiger partial charge in [0, 0.05) is 62.9 Å². The second kappa shape index (κ2) is 10.1. The fraction of sp³-hybridized carbons (Fsp3) is 0.280. The quantitative estimate of drug-likeness (QED) is 0.584. The van der Waals surface area contributed by atoms with Gasteiger partial charge < -0.3 is 15.5 Å². The zero-order chi connectivity index (χ0) is 23.2. The Morgan fingerprint density at radius 3 is 2.39 bits per heavy atom.